The van der Waals surface area contributed by atoms with Crippen molar-refractivity contribution in [3.05, 3.63) is 12.7 Å². The maximum atomic E-state index is 14.2. The molecule has 0 saturated heterocycles. The fourth-order valence-electron chi connectivity index (χ4n) is 2.62. The summed E-state index contributed by atoms with van der Waals surface area (Å²) in [6.45, 7) is -0.511. The van der Waals surface area contributed by atoms with Gasteiger partial charge in [0.05, 0.1) is 19.0 Å². The fraction of sp³-hybridized carbons (Fsp3) is 0.545. The molecule has 102 valence electrons. The van der Waals surface area contributed by atoms with E-state index in [9.17, 15) is 8.78 Å². The Kier molecular flexibility index (Phi) is 2.81. The number of hydrogen-bond acceptors (Lipinski definition) is 5. The van der Waals surface area contributed by atoms with Gasteiger partial charge in [-0.25, -0.2) is 23.7 Å². The molecule has 3 N–H and O–H groups in total. The van der Waals surface area contributed by atoms with Crippen molar-refractivity contribution < 1.29 is 13.9 Å². The zero-order valence-electron chi connectivity index (χ0n) is 9.95. The molecule has 6 nitrogen and oxygen atoms in total. The van der Waals surface area contributed by atoms with E-state index in [2.05, 4.69) is 15.0 Å². The molecule has 1 saturated carbocycles. The van der Waals surface area contributed by atoms with Gasteiger partial charge in [-0.15, -0.1) is 0 Å². The van der Waals surface area contributed by atoms with Crippen molar-refractivity contribution in [1.29, 1.82) is 0 Å². The van der Waals surface area contributed by atoms with E-state index in [1.165, 1.54) is 17.2 Å². The third-order valence-electron chi connectivity index (χ3n) is 3.66. The first-order valence-electron chi connectivity index (χ1n) is 5.95. The number of aromatic nitrogens is 4. The molecule has 0 amide bonds. The van der Waals surface area contributed by atoms with Gasteiger partial charge in [0.15, 0.2) is 11.5 Å². The molecule has 0 unspecified atom stereocenters. The van der Waals surface area contributed by atoms with Gasteiger partial charge in [-0.1, -0.05) is 0 Å². The molecule has 3 rings (SSSR count). The Balaban J connectivity index is 2.04. The van der Waals surface area contributed by atoms with Crippen LogP contribution in [-0.2, 0) is 0 Å². The Labute approximate surface area is 107 Å². The van der Waals surface area contributed by atoms with Gasteiger partial charge < -0.3 is 15.4 Å². The lowest BCUT2D eigenvalue weighted by Crippen LogP contribution is -2.24. The van der Waals surface area contributed by atoms with Crippen molar-refractivity contribution in [3.63, 3.8) is 0 Å². The highest BCUT2D eigenvalue weighted by Gasteiger charge is 2.45. The molecular formula is C11H13F2N5O. The summed E-state index contributed by atoms with van der Waals surface area (Å²) in [5.74, 6) is -0.797. The maximum absolute atomic E-state index is 14.2. The van der Waals surface area contributed by atoms with Crippen molar-refractivity contribution in [2.24, 2.45) is 5.92 Å². The molecule has 0 aliphatic heterocycles. The Morgan fingerprint density at radius 1 is 1.37 bits per heavy atom. The van der Waals surface area contributed by atoms with Crippen LogP contribution in [0, 0.1) is 5.92 Å². The summed E-state index contributed by atoms with van der Waals surface area (Å²) in [5, 5.41) is 9.03. The number of imidazole rings is 1. The van der Waals surface area contributed by atoms with Crippen molar-refractivity contribution in [3.8, 4) is 0 Å². The molecule has 4 atom stereocenters. The second-order valence-corrected chi connectivity index (χ2v) is 4.69. The van der Waals surface area contributed by atoms with Gasteiger partial charge in [-0.2, -0.15) is 0 Å². The third kappa shape index (κ3) is 1.74. The number of aliphatic hydroxyl groups excluding tert-OH is 1. The average Bonchev–Trinajstić information content (AvgIpc) is 2.92. The number of halogens is 2. The minimum absolute atomic E-state index is 0.0121. The van der Waals surface area contributed by atoms with E-state index >= 15 is 0 Å². The standard InChI is InChI=1S/C11H13F2N5O/c12-6-1-7(8(13)5(6)2-19)18-4-17-9-10(14)15-3-16-11(9)18/h3-8,19H,1-2H2,(H2,14,15,16)/t5-,6+,7+,8+/m1/s1. The molecular weight excluding hydrogens is 256 g/mol. The summed E-state index contributed by atoms with van der Waals surface area (Å²) in [4.78, 5) is 11.8. The first kappa shape index (κ1) is 12.2. The largest absolute Gasteiger partial charge is 0.396 e. The number of fused-ring (bicyclic) bond motifs is 1. The number of rotatable bonds is 2. The molecule has 0 spiro atoms. The molecule has 0 radical (unpaired) electrons. The number of nitrogens with two attached hydrogens (primary N) is 1. The van der Waals surface area contributed by atoms with Crippen LogP contribution >= 0.6 is 0 Å². The lowest BCUT2D eigenvalue weighted by molar-refractivity contribution is 0.105. The van der Waals surface area contributed by atoms with Gasteiger partial charge in [0.2, 0.25) is 0 Å². The molecule has 1 aliphatic rings. The van der Waals surface area contributed by atoms with E-state index < -0.39 is 30.9 Å². The summed E-state index contributed by atoms with van der Waals surface area (Å²) in [7, 11) is 0. The SMILES string of the molecule is Nc1ncnc2c1ncn2[C@H]1C[C@H](F)[C@@H](CO)[C@@H]1F. The Morgan fingerprint density at radius 3 is 2.84 bits per heavy atom. The molecule has 1 fully saturated rings. The maximum Gasteiger partial charge on any atom is 0.165 e. The van der Waals surface area contributed by atoms with Crippen LogP contribution in [0.5, 0.6) is 0 Å². The molecule has 8 heteroatoms. The van der Waals surface area contributed by atoms with Gasteiger partial charge in [-0.05, 0) is 0 Å². The smallest absolute Gasteiger partial charge is 0.165 e. The molecule has 19 heavy (non-hydrogen) atoms. The van der Waals surface area contributed by atoms with Crippen molar-refractivity contribution in [2.45, 2.75) is 24.8 Å². The Bertz CT molecular complexity index is 604. The number of alkyl halides is 2. The topological polar surface area (TPSA) is 89.9 Å². The highest BCUT2D eigenvalue weighted by atomic mass is 19.1. The highest BCUT2D eigenvalue weighted by Crippen LogP contribution is 2.40. The number of anilines is 1. The average molecular weight is 269 g/mol. The summed E-state index contributed by atoms with van der Waals surface area (Å²) >= 11 is 0. The first-order valence-corrected chi connectivity index (χ1v) is 5.95. The van der Waals surface area contributed by atoms with E-state index in [1.807, 2.05) is 0 Å². The van der Waals surface area contributed by atoms with E-state index in [0.717, 1.165) is 0 Å². The predicted octanol–water partition coefficient (Wildman–Crippen LogP) is 0.638. The molecule has 2 aromatic heterocycles. The number of hydrogen-bond donors (Lipinski definition) is 2. The minimum atomic E-state index is -1.48. The molecule has 2 heterocycles. The monoisotopic (exact) mass is 269 g/mol. The van der Waals surface area contributed by atoms with Crippen molar-refractivity contribution in [1.82, 2.24) is 19.5 Å². The van der Waals surface area contributed by atoms with Gasteiger partial charge in [-0.3, -0.25) is 0 Å². The summed E-state index contributed by atoms with van der Waals surface area (Å²) in [6.07, 6.45) is -0.217. The summed E-state index contributed by atoms with van der Waals surface area (Å²) in [5.41, 5.74) is 6.40. The van der Waals surface area contributed by atoms with E-state index in [-0.39, 0.29) is 12.2 Å². The number of aliphatic hydroxyl groups is 1. The van der Waals surface area contributed by atoms with Crippen LogP contribution in [0.3, 0.4) is 0 Å². The summed E-state index contributed by atoms with van der Waals surface area (Å²) < 4.78 is 29.3. The van der Waals surface area contributed by atoms with Crippen LogP contribution < -0.4 is 5.73 Å². The van der Waals surface area contributed by atoms with Crippen LogP contribution in [0.25, 0.3) is 11.2 Å². The predicted molar refractivity (Wildman–Crippen MR) is 63.8 cm³/mol. The zero-order valence-corrected chi connectivity index (χ0v) is 9.95. The Hall–Kier alpha value is -1.83. The van der Waals surface area contributed by atoms with Crippen molar-refractivity contribution in [2.75, 3.05) is 12.3 Å². The van der Waals surface area contributed by atoms with Crippen molar-refractivity contribution >= 4 is 17.0 Å². The number of nitrogens with zero attached hydrogens (tertiary/aromatic N) is 4. The zero-order chi connectivity index (χ0) is 13.6. The van der Waals surface area contributed by atoms with E-state index in [0.29, 0.717) is 11.2 Å². The lowest BCUT2D eigenvalue weighted by atomic mass is 10.1. The third-order valence-corrected chi connectivity index (χ3v) is 3.66. The van der Waals surface area contributed by atoms with Gasteiger partial charge >= 0.3 is 0 Å². The first-order chi connectivity index (χ1) is 9.13. The minimum Gasteiger partial charge on any atom is -0.396 e. The second kappa shape index (κ2) is 4.37. The highest BCUT2D eigenvalue weighted by molar-refractivity contribution is 5.81. The lowest BCUT2D eigenvalue weighted by Gasteiger charge is -2.17. The fourth-order valence-corrected chi connectivity index (χ4v) is 2.62. The van der Waals surface area contributed by atoms with Crippen LogP contribution in [0.2, 0.25) is 0 Å². The van der Waals surface area contributed by atoms with Gasteiger partial charge in [0, 0.05) is 12.3 Å². The van der Waals surface area contributed by atoms with E-state index in [4.69, 9.17) is 10.8 Å². The Morgan fingerprint density at radius 2 is 2.16 bits per heavy atom. The van der Waals surface area contributed by atoms with E-state index in [1.54, 1.807) is 0 Å². The molecule has 0 bridgehead atoms. The molecule has 0 aromatic carbocycles. The quantitative estimate of drug-likeness (QED) is 0.835. The molecule has 2 aromatic rings. The normalized spacial score (nSPS) is 31.1. The molecule has 1 aliphatic carbocycles. The van der Waals surface area contributed by atoms with Crippen LogP contribution in [0.1, 0.15) is 12.5 Å². The second-order valence-electron chi connectivity index (χ2n) is 4.69. The van der Waals surface area contributed by atoms with Gasteiger partial charge in [0.25, 0.3) is 0 Å². The number of nitrogen functional groups attached to an aromatic ring is 1. The van der Waals surface area contributed by atoms with Crippen LogP contribution in [0.4, 0.5) is 14.6 Å². The summed E-state index contributed by atoms with van der Waals surface area (Å²) in [6, 6.07) is -0.730. The van der Waals surface area contributed by atoms with Crippen LogP contribution in [-0.4, -0.2) is 43.6 Å². The van der Waals surface area contributed by atoms with Crippen LogP contribution in [0.15, 0.2) is 12.7 Å². The van der Waals surface area contributed by atoms with Gasteiger partial charge in [0.1, 0.15) is 24.2 Å².